The Bertz CT molecular complexity index is 599. The molecule has 0 unspecified atom stereocenters. The van der Waals surface area contributed by atoms with Gasteiger partial charge in [-0.15, -0.1) is 24.0 Å². The number of methoxy groups -OCH3 is 3. The number of benzene rings is 1. The number of hydrogen-bond donors (Lipinski definition) is 2. The third-order valence-electron chi connectivity index (χ3n) is 4.60. The summed E-state index contributed by atoms with van der Waals surface area (Å²) < 4.78 is 27.3. The van der Waals surface area contributed by atoms with Gasteiger partial charge in [0, 0.05) is 57.8 Å². The lowest BCUT2D eigenvalue weighted by molar-refractivity contribution is 0.0203. The second-order valence-electron chi connectivity index (χ2n) is 6.52. The first-order valence-corrected chi connectivity index (χ1v) is 9.65. The summed E-state index contributed by atoms with van der Waals surface area (Å²) in [7, 11) is 6.50. The zero-order valence-corrected chi connectivity index (χ0v) is 20.1. The van der Waals surface area contributed by atoms with Crippen molar-refractivity contribution in [2.75, 3.05) is 66.7 Å². The van der Waals surface area contributed by atoms with Gasteiger partial charge >= 0.3 is 0 Å². The van der Waals surface area contributed by atoms with Gasteiger partial charge in [0.05, 0.1) is 21.3 Å². The highest BCUT2D eigenvalue weighted by Gasteiger charge is 2.14. The van der Waals surface area contributed by atoms with Crippen molar-refractivity contribution < 1.29 is 23.7 Å². The highest BCUT2D eigenvalue weighted by Crippen LogP contribution is 2.39. The maximum atomic E-state index is 5.79. The second kappa shape index (κ2) is 14.5. The van der Waals surface area contributed by atoms with Crippen molar-refractivity contribution in [1.29, 1.82) is 0 Å². The molecule has 2 rings (SSSR count). The highest BCUT2D eigenvalue weighted by molar-refractivity contribution is 14.0. The number of rotatable bonds is 10. The predicted molar refractivity (Wildman–Crippen MR) is 125 cm³/mol. The van der Waals surface area contributed by atoms with E-state index in [-0.39, 0.29) is 24.0 Å². The average Bonchev–Trinajstić information content (AvgIpc) is 2.75. The van der Waals surface area contributed by atoms with Crippen molar-refractivity contribution in [2.45, 2.75) is 19.3 Å². The van der Waals surface area contributed by atoms with Gasteiger partial charge in [-0.05, 0) is 25.2 Å². The van der Waals surface area contributed by atoms with Crippen molar-refractivity contribution in [2.24, 2.45) is 10.9 Å². The standard InChI is InChI=1S/C20H33N3O5.HI/c1-21-20(22-8-5-9-28-14-15-6-10-27-11-7-15)23-16-12-17(24-2)19(26-4)18(13-16)25-3;/h12-13,15H,5-11,14H2,1-4H3,(H2,21,22,23);1H. The molecule has 1 aromatic rings. The topological polar surface area (TPSA) is 82.6 Å². The zero-order valence-electron chi connectivity index (χ0n) is 17.8. The van der Waals surface area contributed by atoms with Crippen LogP contribution in [0.25, 0.3) is 0 Å². The molecule has 0 aliphatic carbocycles. The Morgan fingerprint density at radius 2 is 1.76 bits per heavy atom. The Morgan fingerprint density at radius 1 is 1.10 bits per heavy atom. The molecule has 1 aromatic carbocycles. The molecule has 1 fully saturated rings. The van der Waals surface area contributed by atoms with Gasteiger partial charge in [0.1, 0.15) is 0 Å². The first kappa shape index (κ1) is 25.6. The maximum Gasteiger partial charge on any atom is 0.203 e. The monoisotopic (exact) mass is 523 g/mol. The van der Waals surface area contributed by atoms with Gasteiger partial charge in [0.15, 0.2) is 17.5 Å². The van der Waals surface area contributed by atoms with E-state index in [1.54, 1.807) is 28.4 Å². The molecule has 0 atom stereocenters. The lowest BCUT2D eigenvalue weighted by Crippen LogP contribution is -2.32. The van der Waals surface area contributed by atoms with Crippen LogP contribution < -0.4 is 24.8 Å². The van der Waals surface area contributed by atoms with E-state index in [9.17, 15) is 0 Å². The lowest BCUT2D eigenvalue weighted by Gasteiger charge is -2.21. The normalized spacial score (nSPS) is 14.7. The molecule has 0 bridgehead atoms. The molecular weight excluding hydrogens is 489 g/mol. The predicted octanol–water partition coefficient (Wildman–Crippen LogP) is 3.15. The van der Waals surface area contributed by atoms with Crippen LogP contribution in [0.5, 0.6) is 17.2 Å². The van der Waals surface area contributed by atoms with E-state index in [1.165, 1.54) is 0 Å². The van der Waals surface area contributed by atoms with Crippen LogP contribution in [0.2, 0.25) is 0 Å². The van der Waals surface area contributed by atoms with E-state index in [0.717, 1.165) is 57.9 Å². The van der Waals surface area contributed by atoms with E-state index in [4.69, 9.17) is 23.7 Å². The van der Waals surface area contributed by atoms with Crippen LogP contribution in [0.1, 0.15) is 19.3 Å². The molecule has 1 aliphatic rings. The quantitative estimate of drug-likeness (QED) is 0.211. The van der Waals surface area contributed by atoms with E-state index in [0.29, 0.717) is 29.1 Å². The fourth-order valence-electron chi connectivity index (χ4n) is 3.01. The van der Waals surface area contributed by atoms with E-state index >= 15 is 0 Å². The summed E-state index contributed by atoms with van der Waals surface area (Å²) >= 11 is 0. The fourth-order valence-corrected chi connectivity index (χ4v) is 3.01. The molecule has 9 heteroatoms. The SMILES string of the molecule is CN=C(NCCCOCC1CCOCC1)Nc1cc(OC)c(OC)c(OC)c1.I. The number of ether oxygens (including phenoxy) is 5. The summed E-state index contributed by atoms with van der Waals surface area (Å²) in [6.45, 7) is 4.03. The molecule has 2 N–H and O–H groups in total. The number of hydrogen-bond acceptors (Lipinski definition) is 6. The Labute approximate surface area is 190 Å². The van der Waals surface area contributed by atoms with Crippen LogP contribution in [0.15, 0.2) is 17.1 Å². The second-order valence-corrected chi connectivity index (χ2v) is 6.52. The molecule has 1 aliphatic heterocycles. The smallest absolute Gasteiger partial charge is 0.203 e. The number of nitrogens with one attached hydrogen (secondary N) is 2. The molecule has 166 valence electrons. The van der Waals surface area contributed by atoms with Crippen LogP contribution in [0.3, 0.4) is 0 Å². The highest BCUT2D eigenvalue weighted by atomic mass is 127. The summed E-state index contributed by atoms with van der Waals surface area (Å²) in [5, 5.41) is 6.53. The Kier molecular flexibility index (Phi) is 12.8. The largest absolute Gasteiger partial charge is 0.493 e. The molecule has 0 radical (unpaired) electrons. The van der Waals surface area contributed by atoms with Crippen molar-refractivity contribution >= 4 is 35.6 Å². The molecule has 1 saturated heterocycles. The summed E-state index contributed by atoms with van der Waals surface area (Å²) in [5.74, 6) is 3.03. The molecule has 8 nitrogen and oxygen atoms in total. The zero-order chi connectivity index (χ0) is 20.2. The van der Waals surface area contributed by atoms with Crippen LogP contribution in [-0.4, -0.2) is 67.3 Å². The Hall–Kier alpha value is -1.46. The number of anilines is 1. The lowest BCUT2D eigenvalue weighted by atomic mass is 10.0. The minimum Gasteiger partial charge on any atom is -0.493 e. The van der Waals surface area contributed by atoms with Crippen LogP contribution in [-0.2, 0) is 9.47 Å². The summed E-state index contributed by atoms with van der Waals surface area (Å²) in [4.78, 5) is 4.25. The third kappa shape index (κ3) is 8.43. The number of guanidine groups is 1. The molecule has 0 amide bonds. The van der Waals surface area contributed by atoms with Crippen LogP contribution in [0, 0.1) is 5.92 Å². The Morgan fingerprint density at radius 3 is 2.31 bits per heavy atom. The van der Waals surface area contributed by atoms with Gasteiger partial charge in [-0.3, -0.25) is 4.99 Å². The summed E-state index contributed by atoms with van der Waals surface area (Å²) in [6, 6.07) is 3.68. The van der Waals surface area contributed by atoms with Crippen molar-refractivity contribution in [3.63, 3.8) is 0 Å². The first-order valence-electron chi connectivity index (χ1n) is 9.65. The molecular formula is C20H34IN3O5. The van der Waals surface area contributed by atoms with Gasteiger partial charge in [-0.25, -0.2) is 0 Å². The number of aliphatic imine (C=N–C) groups is 1. The van der Waals surface area contributed by atoms with Crippen molar-refractivity contribution in [1.82, 2.24) is 5.32 Å². The third-order valence-corrected chi connectivity index (χ3v) is 4.60. The Balaban J connectivity index is 0.00000420. The van der Waals surface area contributed by atoms with Gasteiger partial charge < -0.3 is 34.3 Å². The minimum absolute atomic E-state index is 0. The van der Waals surface area contributed by atoms with Crippen molar-refractivity contribution in [3.05, 3.63) is 12.1 Å². The molecule has 29 heavy (non-hydrogen) atoms. The maximum absolute atomic E-state index is 5.79. The van der Waals surface area contributed by atoms with Gasteiger partial charge in [0.25, 0.3) is 0 Å². The van der Waals surface area contributed by atoms with E-state index < -0.39 is 0 Å². The minimum atomic E-state index is 0. The van der Waals surface area contributed by atoms with E-state index in [1.807, 2.05) is 12.1 Å². The molecule has 1 heterocycles. The number of nitrogens with zero attached hydrogens (tertiary/aromatic N) is 1. The molecule has 0 spiro atoms. The van der Waals surface area contributed by atoms with E-state index in [2.05, 4.69) is 15.6 Å². The van der Waals surface area contributed by atoms with Crippen LogP contribution >= 0.6 is 24.0 Å². The number of halogens is 1. The van der Waals surface area contributed by atoms with Crippen LogP contribution in [0.4, 0.5) is 5.69 Å². The fraction of sp³-hybridized carbons (Fsp3) is 0.650. The first-order chi connectivity index (χ1) is 13.7. The van der Waals surface area contributed by atoms with Gasteiger partial charge in [-0.2, -0.15) is 0 Å². The average molecular weight is 523 g/mol. The molecule has 0 saturated carbocycles. The van der Waals surface area contributed by atoms with Crippen molar-refractivity contribution in [3.8, 4) is 17.2 Å². The van der Waals surface area contributed by atoms with Gasteiger partial charge in [0.2, 0.25) is 5.75 Å². The summed E-state index contributed by atoms with van der Waals surface area (Å²) in [5.41, 5.74) is 0.790. The van der Waals surface area contributed by atoms with Gasteiger partial charge in [-0.1, -0.05) is 0 Å². The summed E-state index contributed by atoms with van der Waals surface area (Å²) in [6.07, 6.45) is 3.10. The molecule has 0 aromatic heterocycles.